The van der Waals surface area contributed by atoms with E-state index < -0.39 is 0 Å². The fourth-order valence-electron chi connectivity index (χ4n) is 2.85. The lowest BCUT2D eigenvalue weighted by atomic mass is 10.1. The highest BCUT2D eigenvalue weighted by molar-refractivity contribution is 5.78. The molecule has 1 heterocycles. The Balaban J connectivity index is 1.45. The number of nitrogens with one attached hydrogen (secondary N) is 2. The van der Waals surface area contributed by atoms with Crippen molar-refractivity contribution in [3.05, 3.63) is 35.4 Å². The van der Waals surface area contributed by atoms with Crippen molar-refractivity contribution < 1.29 is 9.53 Å². The molecule has 1 amide bonds. The van der Waals surface area contributed by atoms with Crippen LogP contribution in [-0.2, 0) is 22.6 Å². The van der Waals surface area contributed by atoms with Gasteiger partial charge in [0.15, 0.2) is 0 Å². The largest absolute Gasteiger partial charge is 0.379 e. The van der Waals surface area contributed by atoms with Crippen molar-refractivity contribution in [2.24, 2.45) is 5.92 Å². The third kappa shape index (κ3) is 5.61. The van der Waals surface area contributed by atoms with E-state index in [2.05, 4.69) is 33.7 Å². The average Bonchev–Trinajstić information content (AvgIpc) is 3.39. The van der Waals surface area contributed by atoms with Gasteiger partial charge in [0.05, 0.1) is 19.8 Å². The highest BCUT2D eigenvalue weighted by atomic mass is 16.5. The zero-order chi connectivity index (χ0) is 15.9. The summed E-state index contributed by atoms with van der Waals surface area (Å²) in [7, 11) is 0. The summed E-state index contributed by atoms with van der Waals surface area (Å²) >= 11 is 0. The second-order valence-corrected chi connectivity index (χ2v) is 6.51. The van der Waals surface area contributed by atoms with Crippen LogP contribution in [0, 0.1) is 5.92 Å². The predicted molar refractivity (Wildman–Crippen MR) is 90.0 cm³/mol. The minimum absolute atomic E-state index is 0.0758. The number of hydrogen-bond donors (Lipinski definition) is 2. The van der Waals surface area contributed by atoms with Crippen LogP contribution in [-0.4, -0.2) is 50.2 Å². The standard InChI is InChI=1S/C18H27N3O2/c22-18(13-19-11-15-5-6-15)20-12-16-3-1-2-4-17(16)14-21-7-9-23-10-8-21/h1-4,15,19H,5-14H2,(H,20,22). The van der Waals surface area contributed by atoms with Crippen LogP contribution in [0.1, 0.15) is 24.0 Å². The topological polar surface area (TPSA) is 53.6 Å². The number of amides is 1. The molecule has 3 rings (SSSR count). The number of carbonyl (C=O) groups is 1. The first-order valence-electron chi connectivity index (χ1n) is 8.65. The van der Waals surface area contributed by atoms with E-state index in [0.29, 0.717) is 13.1 Å². The highest BCUT2D eigenvalue weighted by Crippen LogP contribution is 2.27. The molecule has 2 N–H and O–H groups in total. The Morgan fingerprint density at radius 2 is 1.91 bits per heavy atom. The van der Waals surface area contributed by atoms with Crippen molar-refractivity contribution in [2.45, 2.75) is 25.9 Å². The van der Waals surface area contributed by atoms with Gasteiger partial charge >= 0.3 is 0 Å². The summed E-state index contributed by atoms with van der Waals surface area (Å²) in [4.78, 5) is 14.3. The van der Waals surface area contributed by atoms with Gasteiger partial charge in [0, 0.05) is 26.2 Å². The van der Waals surface area contributed by atoms with E-state index in [1.165, 1.54) is 24.0 Å². The lowest BCUT2D eigenvalue weighted by molar-refractivity contribution is -0.120. The summed E-state index contributed by atoms with van der Waals surface area (Å²) in [6.45, 7) is 6.50. The van der Waals surface area contributed by atoms with Crippen molar-refractivity contribution in [2.75, 3.05) is 39.4 Å². The Morgan fingerprint density at radius 1 is 1.17 bits per heavy atom. The maximum atomic E-state index is 11.9. The Bertz CT molecular complexity index is 511. The first-order chi connectivity index (χ1) is 11.3. The van der Waals surface area contributed by atoms with Gasteiger partial charge in [0.1, 0.15) is 0 Å². The molecule has 5 heteroatoms. The second kappa shape index (κ2) is 8.43. The predicted octanol–water partition coefficient (Wildman–Crippen LogP) is 1.13. The van der Waals surface area contributed by atoms with Crippen LogP contribution in [0.3, 0.4) is 0 Å². The molecular formula is C18H27N3O2. The van der Waals surface area contributed by atoms with Crippen molar-refractivity contribution in [3.8, 4) is 0 Å². The fraction of sp³-hybridized carbons (Fsp3) is 0.611. The summed E-state index contributed by atoms with van der Waals surface area (Å²) in [6.07, 6.45) is 2.62. The van der Waals surface area contributed by atoms with Gasteiger partial charge in [-0.1, -0.05) is 24.3 Å². The summed E-state index contributed by atoms with van der Waals surface area (Å²) in [5.41, 5.74) is 2.50. The maximum absolute atomic E-state index is 11.9. The van der Waals surface area contributed by atoms with Gasteiger partial charge in [-0.25, -0.2) is 0 Å². The minimum atomic E-state index is 0.0758. The molecule has 126 valence electrons. The maximum Gasteiger partial charge on any atom is 0.234 e. The van der Waals surface area contributed by atoms with Gasteiger partial charge < -0.3 is 15.4 Å². The molecule has 0 radical (unpaired) electrons. The molecule has 1 aliphatic carbocycles. The molecule has 1 saturated heterocycles. The lowest BCUT2D eigenvalue weighted by Gasteiger charge is -2.27. The number of carbonyl (C=O) groups excluding carboxylic acids is 1. The molecule has 1 aromatic carbocycles. The zero-order valence-electron chi connectivity index (χ0n) is 13.7. The van der Waals surface area contributed by atoms with Gasteiger partial charge in [-0.05, 0) is 36.4 Å². The van der Waals surface area contributed by atoms with Crippen molar-refractivity contribution in [1.82, 2.24) is 15.5 Å². The van der Waals surface area contributed by atoms with Crippen molar-refractivity contribution in [3.63, 3.8) is 0 Å². The molecule has 0 bridgehead atoms. The molecule has 2 fully saturated rings. The van der Waals surface area contributed by atoms with Crippen LogP contribution in [0.2, 0.25) is 0 Å². The van der Waals surface area contributed by atoms with Crippen LogP contribution in [0.25, 0.3) is 0 Å². The molecule has 23 heavy (non-hydrogen) atoms. The smallest absolute Gasteiger partial charge is 0.234 e. The van der Waals surface area contributed by atoms with Crippen LogP contribution in [0.4, 0.5) is 0 Å². The third-order valence-corrected chi connectivity index (χ3v) is 4.51. The molecule has 0 spiro atoms. The van der Waals surface area contributed by atoms with E-state index in [0.717, 1.165) is 45.3 Å². The summed E-state index contributed by atoms with van der Waals surface area (Å²) in [5.74, 6) is 0.879. The average molecular weight is 317 g/mol. The van der Waals surface area contributed by atoms with E-state index >= 15 is 0 Å². The van der Waals surface area contributed by atoms with Crippen molar-refractivity contribution >= 4 is 5.91 Å². The number of hydrogen-bond acceptors (Lipinski definition) is 4. The van der Waals surface area contributed by atoms with Gasteiger partial charge in [-0.15, -0.1) is 0 Å². The number of morpholine rings is 1. The molecule has 5 nitrogen and oxygen atoms in total. The van der Waals surface area contributed by atoms with Gasteiger partial charge in [0.2, 0.25) is 5.91 Å². The SMILES string of the molecule is O=C(CNCC1CC1)NCc1ccccc1CN1CCOCC1. The quantitative estimate of drug-likeness (QED) is 0.755. The van der Waals surface area contributed by atoms with E-state index in [1.54, 1.807) is 0 Å². The number of ether oxygens (including phenoxy) is 1. The van der Waals surface area contributed by atoms with Crippen LogP contribution in [0.5, 0.6) is 0 Å². The van der Waals surface area contributed by atoms with E-state index in [1.807, 2.05) is 6.07 Å². The van der Waals surface area contributed by atoms with Crippen molar-refractivity contribution in [1.29, 1.82) is 0 Å². The second-order valence-electron chi connectivity index (χ2n) is 6.51. The molecule has 1 aromatic rings. The monoisotopic (exact) mass is 317 g/mol. The van der Waals surface area contributed by atoms with Gasteiger partial charge in [-0.2, -0.15) is 0 Å². The fourth-order valence-corrected chi connectivity index (χ4v) is 2.85. The Morgan fingerprint density at radius 3 is 2.65 bits per heavy atom. The number of benzene rings is 1. The molecule has 1 aliphatic heterocycles. The van der Waals surface area contributed by atoms with E-state index in [4.69, 9.17) is 4.74 Å². The van der Waals surface area contributed by atoms with Gasteiger partial charge in [-0.3, -0.25) is 9.69 Å². The lowest BCUT2D eigenvalue weighted by Crippen LogP contribution is -2.36. The summed E-state index contributed by atoms with van der Waals surface area (Å²) in [6, 6.07) is 8.37. The Kier molecular flexibility index (Phi) is 6.02. The van der Waals surface area contributed by atoms with Crippen LogP contribution in [0.15, 0.2) is 24.3 Å². The molecule has 2 aliphatic rings. The highest BCUT2D eigenvalue weighted by Gasteiger charge is 2.20. The molecule has 1 saturated carbocycles. The first kappa shape index (κ1) is 16.4. The molecule has 0 unspecified atom stereocenters. The molecule has 0 atom stereocenters. The normalized spacial score (nSPS) is 18.8. The molecule has 0 aromatic heterocycles. The Hall–Kier alpha value is -1.43. The Labute approximate surface area is 138 Å². The number of nitrogens with zero attached hydrogens (tertiary/aromatic N) is 1. The number of rotatable bonds is 8. The zero-order valence-corrected chi connectivity index (χ0v) is 13.7. The van der Waals surface area contributed by atoms with Gasteiger partial charge in [0.25, 0.3) is 0 Å². The van der Waals surface area contributed by atoms with Crippen LogP contribution < -0.4 is 10.6 Å². The first-order valence-corrected chi connectivity index (χ1v) is 8.65. The van der Waals surface area contributed by atoms with Crippen LogP contribution >= 0.6 is 0 Å². The van der Waals surface area contributed by atoms with E-state index in [9.17, 15) is 4.79 Å². The third-order valence-electron chi connectivity index (χ3n) is 4.51. The summed E-state index contributed by atoms with van der Waals surface area (Å²) < 4.78 is 5.40. The van der Waals surface area contributed by atoms with E-state index in [-0.39, 0.29) is 5.91 Å². The molecular weight excluding hydrogens is 290 g/mol. The summed E-state index contributed by atoms with van der Waals surface area (Å²) in [5, 5.41) is 6.26. The minimum Gasteiger partial charge on any atom is -0.379 e.